The molecule has 0 aromatic heterocycles. The van der Waals surface area contributed by atoms with Gasteiger partial charge in [-0.25, -0.2) is 5.11 Å². The summed E-state index contributed by atoms with van der Waals surface area (Å²) in [6, 6.07) is 0. The molecule has 0 aliphatic heterocycles. The second-order valence-corrected chi connectivity index (χ2v) is 4.67. The van der Waals surface area contributed by atoms with E-state index in [2.05, 4.69) is 0 Å². The van der Waals surface area contributed by atoms with E-state index >= 15 is 0 Å². The van der Waals surface area contributed by atoms with E-state index in [-0.39, 0.29) is 0 Å². The molecule has 0 amide bonds. The van der Waals surface area contributed by atoms with Crippen molar-refractivity contribution in [3.05, 3.63) is 0 Å². The first-order valence-electron chi connectivity index (χ1n) is 2.78. The maximum Gasteiger partial charge on any atom is 0.296 e. The van der Waals surface area contributed by atoms with Crippen LogP contribution in [0.1, 0.15) is 20.8 Å². The van der Waals surface area contributed by atoms with Crippen molar-refractivity contribution in [2.75, 3.05) is 0 Å². The first-order valence-corrected chi connectivity index (χ1v) is 4.28. The molecule has 0 aliphatic rings. The van der Waals surface area contributed by atoms with Crippen LogP contribution in [0.4, 0.5) is 0 Å². The quantitative estimate of drug-likeness (QED) is 0.583. The third kappa shape index (κ3) is 2.64. The predicted molar refractivity (Wildman–Crippen MR) is 35.5 cm³/mol. The van der Waals surface area contributed by atoms with E-state index in [1.165, 1.54) is 20.8 Å². The SMILES string of the molecule is CC(C)(C)C([O])S(=O)(=O)O. The minimum Gasteiger partial charge on any atom is -0.283 e. The predicted octanol–water partition coefficient (Wildman–Crippen LogP) is 0.677. The third-order valence-electron chi connectivity index (χ3n) is 0.978. The highest BCUT2D eigenvalue weighted by Gasteiger charge is 2.34. The van der Waals surface area contributed by atoms with E-state index in [4.69, 9.17) is 4.55 Å². The Hall–Kier alpha value is -0.130. The lowest BCUT2D eigenvalue weighted by Gasteiger charge is -2.20. The van der Waals surface area contributed by atoms with Crippen molar-refractivity contribution in [3.8, 4) is 0 Å². The van der Waals surface area contributed by atoms with E-state index < -0.39 is 21.0 Å². The summed E-state index contributed by atoms with van der Waals surface area (Å²) in [5, 5.41) is 10.7. The van der Waals surface area contributed by atoms with Crippen molar-refractivity contribution in [2.24, 2.45) is 5.41 Å². The average Bonchev–Trinajstić information content (AvgIpc) is 1.59. The molecule has 1 radical (unpaired) electrons. The van der Waals surface area contributed by atoms with Crippen LogP contribution in [0, 0.1) is 5.41 Å². The van der Waals surface area contributed by atoms with Gasteiger partial charge in [-0.15, -0.1) is 0 Å². The molecule has 0 saturated heterocycles. The molecule has 1 atom stereocenters. The summed E-state index contributed by atoms with van der Waals surface area (Å²) in [4.78, 5) is 0. The van der Waals surface area contributed by atoms with Crippen LogP contribution < -0.4 is 0 Å². The van der Waals surface area contributed by atoms with Gasteiger partial charge in [0.1, 0.15) is 0 Å². The molecule has 0 bridgehead atoms. The lowest BCUT2D eigenvalue weighted by molar-refractivity contribution is 0.0573. The molecule has 0 rings (SSSR count). The molecule has 1 unspecified atom stereocenters. The van der Waals surface area contributed by atoms with E-state index in [1.807, 2.05) is 0 Å². The van der Waals surface area contributed by atoms with Crippen LogP contribution in [0.5, 0.6) is 0 Å². The standard InChI is InChI=1S/C5H11O4S/c1-5(2,3)4(6)10(7,8)9/h4H,1-3H3,(H,7,8,9). The van der Waals surface area contributed by atoms with Gasteiger partial charge in [-0.1, -0.05) is 20.8 Å². The van der Waals surface area contributed by atoms with E-state index in [9.17, 15) is 13.5 Å². The average molecular weight is 167 g/mol. The zero-order valence-electron chi connectivity index (χ0n) is 6.16. The van der Waals surface area contributed by atoms with Gasteiger partial charge >= 0.3 is 0 Å². The lowest BCUT2D eigenvalue weighted by atomic mass is 9.98. The van der Waals surface area contributed by atoms with Gasteiger partial charge in [0.15, 0.2) is 0 Å². The molecule has 0 fully saturated rings. The van der Waals surface area contributed by atoms with Crippen LogP contribution >= 0.6 is 0 Å². The summed E-state index contributed by atoms with van der Waals surface area (Å²) in [6.07, 6.45) is 0. The monoisotopic (exact) mass is 167 g/mol. The van der Waals surface area contributed by atoms with E-state index in [0.29, 0.717) is 0 Å². The van der Waals surface area contributed by atoms with Gasteiger partial charge in [0.2, 0.25) is 5.44 Å². The highest BCUT2D eigenvalue weighted by molar-refractivity contribution is 7.86. The van der Waals surface area contributed by atoms with Crippen molar-refractivity contribution in [3.63, 3.8) is 0 Å². The summed E-state index contributed by atoms with van der Waals surface area (Å²) in [6.45, 7) is 4.37. The van der Waals surface area contributed by atoms with Gasteiger partial charge in [-0.2, -0.15) is 8.42 Å². The molecule has 0 aliphatic carbocycles. The largest absolute Gasteiger partial charge is 0.296 e. The number of rotatable bonds is 1. The zero-order chi connectivity index (χ0) is 8.58. The Balaban J connectivity index is 4.56. The lowest BCUT2D eigenvalue weighted by Crippen LogP contribution is -2.32. The smallest absolute Gasteiger partial charge is 0.283 e. The molecular formula is C5H11O4S. The molecule has 0 aromatic rings. The minimum absolute atomic E-state index is 0.951. The Labute approximate surface area is 60.6 Å². The van der Waals surface area contributed by atoms with Crippen molar-refractivity contribution in [1.29, 1.82) is 0 Å². The van der Waals surface area contributed by atoms with Crippen LogP contribution in [-0.2, 0) is 15.2 Å². The van der Waals surface area contributed by atoms with Gasteiger partial charge in [0.25, 0.3) is 10.1 Å². The molecule has 10 heavy (non-hydrogen) atoms. The van der Waals surface area contributed by atoms with Crippen LogP contribution in [-0.4, -0.2) is 18.4 Å². The molecular weight excluding hydrogens is 156 g/mol. The molecule has 5 heteroatoms. The van der Waals surface area contributed by atoms with Gasteiger partial charge in [-0.05, 0) is 0 Å². The van der Waals surface area contributed by atoms with Crippen molar-refractivity contribution in [2.45, 2.75) is 26.2 Å². The van der Waals surface area contributed by atoms with Gasteiger partial charge in [0, 0.05) is 5.41 Å². The molecule has 0 heterocycles. The minimum atomic E-state index is -4.42. The van der Waals surface area contributed by atoms with Gasteiger partial charge in [-0.3, -0.25) is 4.55 Å². The fourth-order valence-electron chi connectivity index (χ4n) is 0.447. The number of hydrogen-bond donors (Lipinski definition) is 1. The molecule has 0 aromatic carbocycles. The third-order valence-corrected chi connectivity index (χ3v) is 2.23. The summed E-state index contributed by atoms with van der Waals surface area (Å²) >= 11 is 0. The van der Waals surface area contributed by atoms with Crippen LogP contribution in [0.15, 0.2) is 0 Å². The van der Waals surface area contributed by atoms with Crippen LogP contribution in [0.3, 0.4) is 0 Å². The van der Waals surface area contributed by atoms with E-state index in [1.54, 1.807) is 0 Å². The summed E-state index contributed by atoms with van der Waals surface area (Å²) in [7, 11) is -4.42. The van der Waals surface area contributed by atoms with Crippen LogP contribution in [0.25, 0.3) is 0 Å². The molecule has 0 spiro atoms. The Morgan fingerprint density at radius 2 is 1.60 bits per heavy atom. The maximum absolute atomic E-state index is 10.7. The summed E-state index contributed by atoms with van der Waals surface area (Å²) in [5.41, 5.74) is -2.91. The summed E-state index contributed by atoms with van der Waals surface area (Å²) < 4.78 is 28.7. The van der Waals surface area contributed by atoms with E-state index in [0.717, 1.165) is 0 Å². The zero-order valence-corrected chi connectivity index (χ0v) is 6.97. The fourth-order valence-corrected chi connectivity index (χ4v) is 1.34. The highest BCUT2D eigenvalue weighted by Crippen LogP contribution is 2.22. The Bertz CT molecular complexity index is 198. The van der Waals surface area contributed by atoms with Gasteiger partial charge in [0.05, 0.1) is 0 Å². The topological polar surface area (TPSA) is 74.3 Å². The Morgan fingerprint density at radius 3 is 1.60 bits per heavy atom. The van der Waals surface area contributed by atoms with Gasteiger partial charge < -0.3 is 0 Å². The molecule has 61 valence electrons. The fraction of sp³-hybridized carbons (Fsp3) is 1.00. The first-order chi connectivity index (χ1) is 4.15. The number of hydrogen-bond acceptors (Lipinski definition) is 2. The molecule has 4 nitrogen and oxygen atoms in total. The highest BCUT2D eigenvalue weighted by atomic mass is 32.2. The Morgan fingerprint density at radius 1 is 1.30 bits per heavy atom. The maximum atomic E-state index is 10.7. The van der Waals surface area contributed by atoms with Crippen molar-refractivity contribution < 1.29 is 18.1 Å². The van der Waals surface area contributed by atoms with Crippen molar-refractivity contribution in [1.82, 2.24) is 0 Å². The summed E-state index contributed by atoms with van der Waals surface area (Å²) in [5.74, 6) is 0. The Kier molecular flexibility index (Phi) is 2.45. The second-order valence-electron chi connectivity index (χ2n) is 3.21. The molecule has 0 saturated carbocycles. The molecule has 1 N–H and O–H groups in total. The van der Waals surface area contributed by atoms with Crippen molar-refractivity contribution >= 4 is 10.1 Å². The van der Waals surface area contributed by atoms with Crippen LogP contribution in [0.2, 0.25) is 0 Å². The second kappa shape index (κ2) is 2.48. The first kappa shape index (κ1) is 9.87. The normalized spacial score (nSPS) is 16.9.